The lowest BCUT2D eigenvalue weighted by Crippen LogP contribution is -3.05. The predicted octanol–water partition coefficient (Wildman–Crippen LogP) is -0.0942. The van der Waals surface area contributed by atoms with E-state index in [0.29, 0.717) is 22.6 Å². The monoisotopic (exact) mass is 379 g/mol. The van der Waals surface area contributed by atoms with Crippen LogP contribution in [0.1, 0.15) is 6.42 Å². The Morgan fingerprint density at radius 1 is 1.31 bits per heavy atom. The average molecular weight is 379 g/mol. The highest BCUT2D eigenvalue weighted by Gasteiger charge is 2.14. The zero-order chi connectivity index (χ0) is 19.1. The van der Waals surface area contributed by atoms with Gasteiger partial charge >= 0.3 is 6.09 Å². The summed E-state index contributed by atoms with van der Waals surface area (Å²) in [4.78, 5) is 41.5. The van der Waals surface area contributed by atoms with Crippen molar-refractivity contribution in [2.75, 3.05) is 33.5 Å². The van der Waals surface area contributed by atoms with Gasteiger partial charge in [-0.3, -0.25) is 19.5 Å². The van der Waals surface area contributed by atoms with Crippen LogP contribution in [0, 0.1) is 0 Å². The highest BCUT2D eigenvalue weighted by molar-refractivity contribution is 7.99. The fourth-order valence-corrected chi connectivity index (χ4v) is 3.20. The number of nitrogens with zero attached hydrogens (tertiary/aromatic N) is 2. The van der Waals surface area contributed by atoms with Gasteiger partial charge in [-0.25, -0.2) is 9.78 Å². The fourth-order valence-electron chi connectivity index (χ4n) is 2.38. The molecule has 2 rings (SSSR count). The van der Waals surface area contributed by atoms with E-state index >= 15 is 0 Å². The largest absolute Gasteiger partial charge is 0.453 e. The van der Waals surface area contributed by atoms with E-state index in [1.54, 1.807) is 22.8 Å². The molecule has 9 heteroatoms. The van der Waals surface area contributed by atoms with Crippen molar-refractivity contribution in [3.63, 3.8) is 0 Å². The lowest BCUT2D eigenvalue weighted by Gasteiger charge is -2.13. The van der Waals surface area contributed by atoms with Crippen LogP contribution in [0.3, 0.4) is 0 Å². The molecule has 0 saturated heterocycles. The third-order valence-electron chi connectivity index (χ3n) is 3.64. The molecule has 2 amide bonds. The van der Waals surface area contributed by atoms with Crippen LogP contribution in [-0.4, -0.2) is 55.1 Å². The molecule has 140 valence electrons. The van der Waals surface area contributed by atoms with Crippen LogP contribution in [-0.2, 0) is 16.1 Å². The molecule has 0 aliphatic carbocycles. The van der Waals surface area contributed by atoms with Gasteiger partial charge < -0.3 is 9.64 Å². The summed E-state index contributed by atoms with van der Waals surface area (Å²) >= 11 is 1.12. The smallest absolute Gasteiger partial charge is 0.413 e. The molecule has 0 unspecified atom stereocenters. The summed E-state index contributed by atoms with van der Waals surface area (Å²) in [6.45, 7) is 1.43. The lowest BCUT2D eigenvalue weighted by atomic mass is 10.2. The van der Waals surface area contributed by atoms with Crippen LogP contribution in [0.5, 0.6) is 0 Å². The Morgan fingerprint density at radius 3 is 2.73 bits per heavy atom. The summed E-state index contributed by atoms with van der Waals surface area (Å²) in [5.41, 5.74) is 0.461. The molecule has 0 atom stereocenters. The number of imide groups is 1. The van der Waals surface area contributed by atoms with Crippen molar-refractivity contribution in [2.24, 2.45) is 0 Å². The quantitative estimate of drug-likeness (QED) is 0.516. The number of alkyl carbamates (subject to hydrolysis) is 1. The first kappa shape index (κ1) is 19.9. The van der Waals surface area contributed by atoms with Crippen LogP contribution in [0.4, 0.5) is 4.79 Å². The first-order valence-electron chi connectivity index (χ1n) is 8.21. The highest BCUT2D eigenvalue weighted by atomic mass is 32.2. The van der Waals surface area contributed by atoms with Crippen LogP contribution < -0.4 is 15.8 Å². The molecule has 2 aromatic rings. The number of hydrogen-bond donors (Lipinski definition) is 2. The minimum atomic E-state index is -0.812. The number of fused-ring (bicyclic) bond motifs is 1. The van der Waals surface area contributed by atoms with Gasteiger partial charge in [0.05, 0.1) is 44.4 Å². The zero-order valence-corrected chi connectivity index (χ0v) is 15.9. The second kappa shape index (κ2) is 9.35. The van der Waals surface area contributed by atoms with Crippen molar-refractivity contribution in [1.82, 2.24) is 14.9 Å². The van der Waals surface area contributed by atoms with Crippen molar-refractivity contribution in [2.45, 2.75) is 18.1 Å². The van der Waals surface area contributed by atoms with E-state index in [-0.39, 0.29) is 11.3 Å². The maximum atomic E-state index is 12.8. The molecule has 0 spiro atoms. The Morgan fingerprint density at radius 2 is 2.04 bits per heavy atom. The molecule has 1 heterocycles. The number of benzene rings is 1. The summed E-state index contributed by atoms with van der Waals surface area (Å²) in [6.07, 6.45) is -0.00195. The molecule has 0 bridgehead atoms. The Labute approximate surface area is 155 Å². The van der Waals surface area contributed by atoms with E-state index in [9.17, 15) is 14.4 Å². The molecule has 0 aliphatic rings. The van der Waals surface area contributed by atoms with Crippen molar-refractivity contribution in [3.8, 4) is 0 Å². The number of methoxy groups -OCH3 is 1. The lowest BCUT2D eigenvalue weighted by molar-refractivity contribution is -0.858. The summed E-state index contributed by atoms with van der Waals surface area (Å²) in [7, 11) is 5.29. The second-order valence-electron chi connectivity index (χ2n) is 6.01. The first-order chi connectivity index (χ1) is 12.4. The minimum Gasteiger partial charge on any atom is -0.453 e. The number of quaternary nitrogens is 1. The first-order valence-corrected chi connectivity index (χ1v) is 9.20. The summed E-state index contributed by atoms with van der Waals surface area (Å²) in [5.74, 6) is -0.549. The number of rotatable bonds is 7. The van der Waals surface area contributed by atoms with Crippen LogP contribution in [0.15, 0.2) is 34.2 Å². The van der Waals surface area contributed by atoms with Gasteiger partial charge in [-0.05, 0) is 12.1 Å². The van der Waals surface area contributed by atoms with E-state index in [1.165, 1.54) is 12.0 Å². The summed E-state index contributed by atoms with van der Waals surface area (Å²) in [5, 5.41) is 3.10. The third-order valence-corrected chi connectivity index (χ3v) is 4.62. The van der Waals surface area contributed by atoms with E-state index in [4.69, 9.17) is 0 Å². The van der Waals surface area contributed by atoms with E-state index in [0.717, 1.165) is 24.7 Å². The van der Waals surface area contributed by atoms with Crippen molar-refractivity contribution < 1.29 is 19.2 Å². The number of carbonyl (C=O) groups is 2. The van der Waals surface area contributed by atoms with Gasteiger partial charge in [-0.15, -0.1) is 0 Å². The number of carbonyl (C=O) groups excluding carboxylic acids is 2. The summed E-state index contributed by atoms with van der Waals surface area (Å²) in [6, 6.07) is 7.13. The predicted molar refractivity (Wildman–Crippen MR) is 99.6 cm³/mol. The fraction of sp³-hybridized carbons (Fsp3) is 0.412. The number of ether oxygens (including phenoxy) is 1. The third kappa shape index (κ3) is 5.30. The zero-order valence-electron chi connectivity index (χ0n) is 15.1. The number of amides is 2. The standard InChI is InChI=1S/C17H22N4O4S/c1-20(2)9-6-10-21-15(23)12-7-4-5-8-13(12)18-16(21)26-11-14(22)19-17(24)25-3/h4-5,7-8H,6,9-11H2,1-3H3,(H,19,22,24)/p+1. The Kier molecular flexibility index (Phi) is 7.16. The van der Waals surface area contributed by atoms with Crippen LogP contribution >= 0.6 is 11.8 Å². The molecule has 8 nitrogen and oxygen atoms in total. The highest BCUT2D eigenvalue weighted by Crippen LogP contribution is 2.17. The maximum Gasteiger partial charge on any atom is 0.413 e. The normalized spacial score (nSPS) is 10.9. The molecule has 1 aromatic carbocycles. The SMILES string of the molecule is COC(=O)NC(=O)CSc1nc2ccccc2c(=O)n1CCC[NH+](C)C. The van der Waals surface area contributed by atoms with Crippen molar-refractivity contribution in [3.05, 3.63) is 34.6 Å². The number of nitrogens with one attached hydrogen (secondary N) is 2. The molecule has 1 aromatic heterocycles. The second-order valence-corrected chi connectivity index (χ2v) is 6.95. The van der Waals surface area contributed by atoms with Crippen LogP contribution in [0.25, 0.3) is 10.9 Å². The van der Waals surface area contributed by atoms with E-state index in [1.807, 2.05) is 20.2 Å². The van der Waals surface area contributed by atoms with Crippen LogP contribution in [0.2, 0.25) is 0 Å². The molecule has 26 heavy (non-hydrogen) atoms. The van der Waals surface area contributed by atoms with Gasteiger partial charge in [0.2, 0.25) is 5.91 Å². The van der Waals surface area contributed by atoms with Crippen molar-refractivity contribution in [1.29, 1.82) is 0 Å². The van der Waals surface area contributed by atoms with E-state index in [2.05, 4.69) is 15.0 Å². The minimum absolute atomic E-state index is 0.0428. The van der Waals surface area contributed by atoms with Gasteiger partial charge in [-0.2, -0.15) is 0 Å². The molecule has 0 saturated carbocycles. The number of hydrogen-bond acceptors (Lipinski definition) is 6. The van der Waals surface area contributed by atoms with Gasteiger partial charge in [0.25, 0.3) is 5.56 Å². The van der Waals surface area contributed by atoms with Crippen molar-refractivity contribution >= 4 is 34.7 Å². The van der Waals surface area contributed by atoms with Gasteiger partial charge in [0, 0.05) is 13.0 Å². The Balaban J connectivity index is 2.25. The van der Waals surface area contributed by atoms with E-state index < -0.39 is 12.0 Å². The summed E-state index contributed by atoms with van der Waals surface area (Å²) < 4.78 is 5.99. The average Bonchev–Trinajstić information content (AvgIpc) is 2.61. The molecule has 0 aliphatic heterocycles. The molecular formula is C17H23N4O4S+. The molecule has 0 radical (unpaired) electrons. The van der Waals surface area contributed by atoms with Gasteiger partial charge in [0.1, 0.15) is 0 Å². The Hall–Kier alpha value is -2.39. The number of aromatic nitrogens is 2. The maximum absolute atomic E-state index is 12.8. The van der Waals surface area contributed by atoms with Gasteiger partial charge in [-0.1, -0.05) is 23.9 Å². The molecular weight excluding hydrogens is 356 g/mol. The number of thioether (sulfide) groups is 1. The molecule has 2 N–H and O–H groups in total. The topological polar surface area (TPSA) is 94.7 Å². The number of para-hydroxylation sites is 1. The Bertz CT molecular complexity index is 850. The van der Waals surface area contributed by atoms with Gasteiger partial charge in [0.15, 0.2) is 5.16 Å². The molecule has 0 fully saturated rings.